The van der Waals surface area contributed by atoms with Crippen LogP contribution in [0.4, 0.5) is 0 Å². The van der Waals surface area contributed by atoms with Crippen LogP contribution >= 0.6 is 0 Å². The molecule has 0 saturated heterocycles. The van der Waals surface area contributed by atoms with Crippen molar-refractivity contribution in [2.75, 3.05) is 27.8 Å². The van der Waals surface area contributed by atoms with Gasteiger partial charge in [-0.05, 0) is 36.6 Å². The maximum atomic E-state index is 12.7. The van der Waals surface area contributed by atoms with Gasteiger partial charge in [0.25, 0.3) is 5.91 Å². The zero-order valence-electron chi connectivity index (χ0n) is 16.3. The summed E-state index contributed by atoms with van der Waals surface area (Å²) in [7, 11) is 4.94. The number of aromatic nitrogens is 1. The molecule has 3 aromatic rings. The minimum absolute atomic E-state index is 0.176. The lowest BCUT2D eigenvalue weighted by Gasteiger charge is -2.15. The smallest absolute Gasteiger partial charge is 0.275 e. The van der Waals surface area contributed by atoms with E-state index in [1.165, 1.54) is 5.56 Å². The summed E-state index contributed by atoms with van der Waals surface area (Å²) in [4.78, 5) is 14.3. The van der Waals surface area contributed by atoms with Crippen LogP contribution in [-0.2, 0) is 6.42 Å². The van der Waals surface area contributed by atoms with E-state index in [1.807, 2.05) is 18.2 Å². The standard InChI is InChI=1S/C22H24N2O4/c1-24(13-7-10-16-8-5-4-6-9-16)22(25)19-15-21(28-23-19)18-14-17(26-2)11-12-20(18)27-3/h4-6,8-9,11-12,14-15H,7,10,13H2,1-3H3. The van der Waals surface area contributed by atoms with Gasteiger partial charge in [0.2, 0.25) is 0 Å². The number of methoxy groups -OCH3 is 2. The third-order valence-electron chi connectivity index (χ3n) is 4.55. The van der Waals surface area contributed by atoms with Crippen molar-refractivity contribution in [3.63, 3.8) is 0 Å². The molecule has 0 radical (unpaired) electrons. The van der Waals surface area contributed by atoms with Crippen LogP contribution in [0.15, 0.2) is 59.1 Å². The summed E-state index contributed by atoms with van der Waals surface area (Å²) in [6.45, 7) is 0.637. The van der Waals surface area contributed by atoms with Gasteiger partial charge in [0.15, 0.2) is 11.5 Å². The molecule has 0 aliphatic carbocycles. The summed E-state index contributed by atoms with van der Waals surface area (Å²) in [5, 5.41) is 3.95. The first-order valence-electron chi connectivity index (χ1n) is 9.11. The number of hydrogen-bond donors (Lipinski definition) is 0. The van der Waals surface area contributed by atoms with Gasteiger partial charge in [-0.1, -0.05) is 35.5 Å². The van der Waals surface area contributed by atoms with Crippen molar-refractivity contribution in [2.24, 2.45) is 0 Å². The van der Waals surface area contributed by atoms with Crippen molar-refractivity contribution in [3.05, 3.63) is 65.9 Å². The second-order valence-corrected chi connectivity index (χ2v) is 6.46. The molecule has 0 fully saturated rings. The fourth-order valence-electron chi connectivity index (χ4n) is 2.97. The second kappa shape index (κ2) is 9.08. The maximum absolute atomic E-state index is 12.7. The number of carbonyl (C=O) groups is 1. The predicted molar refractivity (Wildman–Crippen MR) is 107 cm³/mol. The molecule has 1 amide bonds. The molecule has 6 heteroatoms. The van der Waals surface area contributed by atoms with Gasteiger partial charge in [-0.15, -0.1) is 0 Å². The van der Waals surface area contributed by atoms with Gasteiger partial charge in [-0.25, -0.2) is 0 Å². The van der Waals surface area contributed by atoms with E-state index in [4.69, 9.17) is 14.0 Å². The summed E-state index contributed by atoms with van der Waals surface area (Å²) in [5.41, 5.74) is 2.21. The highest BCUT2D eigenvalue weighted by molar-refractivity contribution is 5.93. The number of aryl methyl sites for hydroxylation is 1. The molecule has 1 aromatic heterocycles. The Morgan fingerprint density at radius 2 is 1.86 bits per heavy atom. The van der Waals surface area contributed by atoms with Gasteiger partial charge in [0, 0.05) is 19.7 Å². The molecule has 2 aromatic carbocycles. The highest BCUT2D eigenvalue weighted by Gasteiger charge is 2.19. The molecule has 146 valence electrons. The van der Waals surface area contributed by atoms with Gasteiger partial charge in [0.05, 0.1) is 19.8 Å². The number of benzene rings is 2. The quantitative estimate of drug-likeness (QED) is 0.590. The van der Waals surface area contributed by atoms with Crippen molar-refractivity contribution in [1.82, 2.24) is 10.1 Å². The van der Waals surface area contributed by atoms with Crippen molar-refractivity contribution < 1.29 is 18.8 Å². The van der Waals surface area contributed by atoms with Gasteiger partial charge in [-0.3, -0.25) is 4.79 Å². The Labute approximate surface area is 164 Å². The highest BCUT2D eigenvalue weighted by atomic mass is 16.5. The number of ether oxygens (including phenoxy) is 2. The summed E-state index contributed by atoms with van der Waals surface area (Å²) in [5.74, 6) is 1.56. The first-order valence-corrected chi connectivity index (χ1v) is 9.11. The Morgan fingerprint density at radius 1 is 1.07 bits per heavy atom. The monoisotopic (exact) mass is 380 g/mol. The van der Waals surface area contributed by atoms with E-state index in [0.717, 1.165) is 12.8 Å². The Bertz CT molecular complexity index is 921. The normalized spacial score (nSPS) is 10.5. The first kappa shape index (κ1) is 19.5. The Kier molecular flexibility index (Phi) is 6.32. The molecule has 1 heterocycles. The van der Waals surface area contributed by atoms with Crippen LogP contribution < -0.4 is 9.47 Å². The summed E-state index contributed by atoms with van der Waals surface area (Å²) < 4.78 is 16.0. The van der Waals surface area contributed by atoms with E-state index in [9.17, 15) is 4.79 Å². The van der Waals surface area contributed by atoms with Crippen LogP contribution in [0.25, 0.3) is 11.3 Å². The van der Waals surface area contributed by atoms with E-state index < -0.39 is 0 Å². The molecule has 0 saturated carbocycles. The zero-order valence-corrected chi connectivity index (χ0v) is 16.3. The lowest BCUT2D eigenvalue weighted by Crippen LogP contribution is -2.28. The molecule has 0 spiro atoms. The number of amides is 1. The fourth-order valence-corrected chi connectivity index (χ4v) is 2.97. The van der Waals surface area contributed by atoms with Crippen molar-refractivity contribution in [3.8, 4) is 22.8 Å². The number of hydrogen-bond acceptors (Lipinski definition) is 5. The molecule has 0 N–H and O–H groups in total. The van der Waals surface area contributed by atoms with Gasteiger partial charge in [-0.2, -0.15) is 0 Å². The van der Waals surface area contributed by atoms with Crippen LogP contribution in [0.5, 0.6) is 11.5 Å². The van der Waals surface area contributed by atoms with E-state index in [2.05, 4.69) is 17.3 Å². The van der Waals surface area contributed by atoms with Crippen LogP contribution in [-0.4, -0.2) is 43.8 Å². The lowest BCUT2D eigenvalue weighted by atomic mass is 10.1. The van der Waals surface area contributed by atoms with E-state index >= 15 is 0 Å². The molecule has 0 aliphatic heterocycles. The largest absolute Gasteiger partial charge is 0.497 e. The Morgan fingerprint density at radius 3 is 2.57 bits per heavy atom. The zero-order chi connectivity index (χ0) is 19.9. The van der Waals surface area contributed by atoms with Crippen LogP contribution in [0.1, 0.15) is 22.5 Å². The molecule has 0 atom stereocenters. The molecular formula is C22H24N2O4. The summed E-state index contributed by atoms with van der Waals surface area (Å²) in [6, 6.07) is 17.2. The van der Waals surface area contributed by atoms with Gasteiger partial charge in [0.1, 0.15) is 11.5 Å². The second-order valence-electron chi connectivity index (χ2n) is 6.46. The third-order valence-corrected chi connectivity index (χ3v) is 4.55. The van der Waals surface area contributed by atoms with E-state index in [1.54, 1.807) is 50.4 Å². The van der Waals surface area contributed by atoms with Crippen molar-refractivity contribution in [1.29, 1.82) is 0 Å². The van der Waals surface area contributed by atoms with Gasteiger partial charge < -0.3 is 18.9 Å². The summed E-state index contributed by atoms with van der Waals surface area (Å²) >= 11 is 0. The molecule has 6 nitrogen and oxygen atoms in total. The maximum Gasteiger partial charge on any atom is 0.275 e. The molecule has 28 heavy (non-hydrogen) atoms. The minimum atomic E-state index is -0.176. The van der Waals surface area contributed by atoms with Crippen molar-refractivity contribution in [2.45, 2.75) is 12.8 Å². The number of nitrogens with zero attached hydrogens (tertiary/aromatic N) is 2. The molecule has 0 aliphatic rings. The molecular weight excluding hydrogens is 356 g/mol. The molecule has 3 rings (SSSR count). The predicted octanol–water partition coefficient (Wildman–Crippen LogP) is 4.06. The highest BCUT2D eigenvalue weighted by Crippen LogP contribution is 2.33. The summed E-state index contributed by atoms with van der Waals surface area (Å²) in [6.07, 6.45) is 1.80. The van der Waals surface area contributed by atoms with E-state index in [-0.39, 0.29) is 11.6 Å². The number of carbonyl (C=O) groups excluding carboxylic acids is 1. The van der Waals surface area contributed by atoms with Crippen LogP contribution in [0.2, 0.25) is 0 Å². The van der Waals surface area contributed by atoms with E-state index in [0.29, 0.717) is 29.4 Å². The van der Waals surface area contributed by atoms with Crippen LogP contribution in [0.3, 0.4) is 0 Å². The van der Waals surface area contributed by atoms with Gasteiger partial charge >= 0.3 is 0 Å². The topological polar surface area (TPSA) is 64.8 Å². The SMILES string of the molecule is COc1ccc(OC)c(-c2cc(C(=O)N(C)CCCc3ccccc3)no2)c1. The minimum Gasteiger partial charge on any atom is -0.497 e. The number of rotatable bonds is 8. The molecule has 0 unspecified atom stereocenters. The van der Waals surface area contributed by atoms with Crippen LogP contribution in [0, 0.1) is 0 Å². The first-order chi connectivity index (χ1) is 13.6. The molecule has 0 bridgehead atoms. The Hall–Kier alpha value is -3.28. The average molecular weight is 380 g/mol. The lowest BCUT2D eigenvalue weighted by molar-refractivity contribution is 0.0783. The Balaban J connectivity index is 1.66. The third kappa shape index (κ3) is 4.52. The van der Waals surface area contributed by atoms with Crippen molar-refractivity contribution >= 4 is 5.91 Å². The average Bonchev–Trinajstić information content (AvgIpc) is 3.23. The fraction of sp³-hybridized carbons (Fsp3) is 0.273.